The molecule has 3 nitrogen and oxygen atoms in total. The zero-order valence-electron chi connectivity index (χ0n) is 28.7. The molecule has 0 radical (unpaired) electrons. The van der Waals surface area contributed by atoms with Crippen molar-refractivity contribution in [2.45, 2.75) is 0 Å². The van der Waals surface area contributed by atoms with Crippen molar-refractivity contribution >= 4 is 64.9 Å². The highest BCUT2D eigenvalue weighted by Gasteiger charge is 2.20. The third-order valence-electron chi connectivity index (χ3n) is 10.8. The molecular weight excluding hydrogens is 643 g/mol. The van der Waals surface area contributed by atoms with Gasteiger partial charge in [-0.3, -0.25) is 0 Å². The van der Waals surface area contributed by atoms with Crippen molar-refractivity contribution in [3.05, 3.63) is 188 Å². The number of hydrogen-bond acceptors (Lipinski definition) is 2. The van der Waals surface area contributed by atoms with Gasteiger partial charge in [0, 0.05) is 32.8 Å². The van der Waals surface area contributed by atoms with Gasteiger partial charge in [0.1, 0.15) is 0 Å². The fraction of sp³-hybridized carbons (Fsp3) is 0. The van der Waals surface area contributed by atoms with Gasteiger partial charge in [-0.25, -0.2) is 9.97 Å². The summed E-state index contributed by atoms with van der Waals surface area (Å²) in [4.78, 5) is 10.4. The highest BCUT2D eigenvalue weighted by Crippen LogP contribution is 2.43. The van der Waals surface area contributed by atoms with Crippen molar-refractivity contribution in [2.75, 3.05) is 0 Å². The molecule has 0 aliphatic rings. The summed E-state index contributed by atoms with van der Waals surface area (Å²) < 4.78 is 2.46. The van der Waals surface area contributed by atoms with Crippen LogP contribution < -0.4 is 0 Å². The van der Waals surface area contributed by atoms with Crippen LogP contribution in [0.5, 0.6) is 0 Å². The molecule has 11 rings (SSSR count). The van der Waals surface area contributed by atoms with Crippen LogP contribution >= 0.6 is 0 Å². The van der Waals surface area contributed by atoms with Crippen LogP contribution in [-0.4, -0.2) is 14.5 Å². The van der Waals surface area contributed by atoms with Gasteiger partial charge in [-0.05, 0) is 68.0 Å². The summed E-state index contributed by atoms with van der Waals surface area (Å²) in [5.41, 5.74) is 8.44. The van der Waals surface area contributed by atoms with E-state index in [1.807, 2.05) is 6.07 Å². The highest BCUT2D eigenvalue weighted by atomic mass is 15.0. The summed E-state index contributed by atoms with van der Waals surface area (Å²) in [6, 6.07) is 67.3. The van der Waals surface area contributed by atoms with Crippen molar-refractivity contribution < 1.29 is 0 Å². The second kappa shape index (κ2) is 11.7. The molecule has 0 saturated carbocycles. The molecule has 53 heavy (non-hydrogen) atoms. The van der Waals surface area contributed by atoms with Crippen molar-refractivity contribution in [1.29, 1.82) is 0 Å². The Labute approximate surface area is 306 Å². The van der Waals surface area contributed by atoms with E-state index in [0.29, 0.717) is 5.82 Å². The average Bonchev–Trinajstić information content (AvgIpc) is 3.58. The van der Waals surface area contributed by atoms with E-state index < -0.39 is 0 Å². The second-order valence-electron chi connectivity index (χ2n) is 13.8. The van der Waals surface area contributed by atoms with E-state index in [0.717, 1.165) is 44.5 Å². The predicted molar refractivity (Wildman–Crippen MR) is 223 cm³/mol. The third kappa shape index (κ3) is 4.68. The maximum atomic E-state index is 5.30. The molecular formula is C50H31N3. The van der Waals surface area contributed by atoms with Crippen LogP contribution in [0.25, 0.3) is 104 Å². The predicted octanol–water partition coefficient (Wildman–Crippen LogP) is 13.2. The summed E-state index contributed by atoms with van der Waals surface area (Å²) in [6.45, 7) is 0. The van der Waals surface area contributed by atoms with Crippen LogP contribution in [0.15, 0.2) is 188 Å². The largest absolute Gasteiger partial charge is 0.309 e. The molecule has 0 unspecified atom stereocenters. The molecule has 3 heteroatoms. The molecule has 0 amide bonds. The SMILES string of the molecule is c1ccc(-c2cc(-c3ccc(-n4c5ccc6ccccc6c5c5c6ccccc6ccc54)c4ccccc34)nc(-c3ccc4ccccc4c3)n2)cc1. The maximum absolute atomic E-state index is 5.30. The molecule has 0 spiro atoms. The smallest absolute Gasteiger partial charge is 0.160 e. The molecule has 0 saturated heterocycles. The van der Waals surface area contributed by atoms with Crippen LogP contribution in [0, 0.1) is 0 Å². The van der Waals surface area contributed by atoms with Gasteiger partial charge in [-0.1, -0.05) is 158 Å². The van der Waals surface area contributed by atoms with E-state index in [1.165, 1.54) is 54.1 Å². The Morgan fingerprint density at radius 2 is 0.887 bits per heavy atom. The van der Waals surface area contributed by atoms with E-state index in [4.69, 9.17) is 9.97 Å². The first kappa shape index (κ1) is 29.6. The van der Waals surface area contributed by atoms with E-state index in [-0.39, 0.29) is 0 Å². The van der Waals surface area contributed by atoms with Crippen molar-refractivity contribution in [3.8, 4) is 39.6 Å². The van der Waals surface area contributed by atoms with Gasteiger partial charge in [0.2, 0.25) is 0 Å². The minimum atomic E-state index is 0.710. The van der Waals surface area contributed by atoms with Gasteiger partial charge >= 0.3 is 0 Å². The summed E-state index contributed by atoms with van der Waals surface area (Å²) in [5, 5.41) is 12.3. The normalized spacial score (nSPS) is 11.8. The van der Waals surface area contributed by atoms with Gasteiger partial charge < -0.3 is 4.57 Å². The average molecular weight is 674 g/mol. The Kier molecular flexibility index (Phi) is 6.55. The first-order chi connectivity index (χ1) is 26.3. The Balaban J connectivity index is 1.18. The monoisotopic (exact) mass is 673 g/mol. The maximum Gasteiger partial charge on any atom is 0.160 e. The number of benzene rings is 9. The lowest BCUT2D eigenvalue weighted by Crippen LogP contribution is -1.99. The lowest BCUT2D eigenvalue weighted by Gasteiger charge is -2.16. The van der Waals surface area contributed by atoms with E-state index >= 15 is 0 Å². The fourth-order valence-corrected chi connectivity index (χ4v) is 8.31. The van der Waals surface area contributed by atoms with Crippen LogP contribution in [0.1, 0.15) is 0 Å². The summed E-state index contributed by atoms with van der Waals surface area (Å²) >= 11 is 0. The first-order valence-electron chi connectivity index (χ1n) is 18.1. The van der Waals surface area contributed by atoms with Crippen molar-refractivity contribution in [3.63, 3.8) is 0 Å². The molecule has 0 N–H and O–H groups in total. The minimum Gasteiger partial charge on any atom is -0.309 e. The molecule has 0 atom stereocenters. The topological polar surface area (TPSA) is 30.7 Å². The van der Waals surface area contributed by atoms with Crippen molar-refractivity contribution in [2.24, 2.45) is 0 Å². The number of nitrogens with zero attached hydrogens (tertiary/aromatic N) is 3. The second-order valence-corrected chi connectivity index (χ2v) is 13.8. The summed E-state index contributed by atoms with van der Waals surface area (Å²) in [5.74, 6) is 0.710. The molecule has 0 bridgehead atoms. The zero-order chi connectivity index (χ0) is 34.9. The first-order valence-corrected chi connectivity index (χ1v) is 18.1. The van der Waals surface area contributed by atoms with Crippen molar-refractivity contribution in [1.82, 2.24) is 14.5 Å². The van der Waals surface area contributed by atoms with E-state index in [9.17, 15) is 0 Å². The molecule has 0 aliphatic heterocycles. The molecule has 0 aliphatic carbocycles. The minimum absolute atomic E-state index is 0.710. The summed E-state index contributed by atoms with van der Waals surface area (Å²) in [7, 11) is 0. The van der Waals surface area contributed by atoms with E-state index in [2.05, 4.69) is 187 Å². The standard InChI is InChI=1S/C50H31N3/c1-2-15-35(16-3-1)43-31-44(52-50(51-43)37-23-22-32-12-4-5-17-36(32)30-37)41-26-29-45(42-21-11-10-20-40(41)42)53-46-27-24-33-13-6-8-18-38(33)48(46)49-39-19-9-7-14-34(39)25-28-47(49)53/h1-31H. The lowest BCUT2D eigenvalue weighted by molar-refractivity contribution is 1.18. The van der Waals surface area contributed by atoms with Gasteiger partial charge in [0.05, 0.1) is 28.1 Å². The summed E-state index contributed by atoms with van der Waals surface area (Å²) in [6.07, 6.45) is 0. The van der Waals surface area contributed by atoms with Gasteiger partial charge in [0.15, 0.2) is 5.82 Å². The van der Waals surface area contributed by atoms with Crippen LogP contribution in [0.3, 0.4) is 0 Å². The molecule has 9 aromatic carbocycles. The molecule has 0 fully saturated rings. The lowest BCUT2D eigenvalue weighted by atomic mass is 9.98. The number of hydrogen-bond donors (Lipinski definition) is 0. The molecule has 2 heterocycles. The Morgan fingerprint density at radius 3 is 1.58 bits per heavy atom. The van der Waals surface area contributed by atoms with Gasteiger partial charge in [0.25, 0.3) is 0 Å². The van der Waals surface area contributed by atoms with E-state index in [1.54, 1.807) is 0 Å². The number of rotatable bonds is 4. The zero-order valence-corrected chi connectivity index (χ0v) is 28.7. The van der Waals surface area contributed by atoms with Gasteiger partial charge in [-0.2, -0.15) is 0 Å². The van der Waals surface area contributed by atoms with Gasteiger partial charge in [-0.15, -0.1) is 0 Å². The highest BCUT2D eigenvalue weighted by molar-refractivity contribution is 6.28. The number of aromatic nitrogens is 3. The Morgan fingerprint density at radius 1 is 0.340 bits per heavy atom. The third-order valence-corrected chi connectivity index (χ3v) is 10.8. The van der Waals surface area contributed by atoms with Crippen LogP contribution in [0.2, 0.25) is 0 Å². The Bertz CT molecular complexity index is 3140. The fourth-order valence-electron chi connectivity index (χ4n) is 8.31. The molecule has 11 aromatic rings. The molecule has 2 aromatic heterocycles. The quantitative estimate of drug-likeness (QED) is 0.186. The van der Waals surface area contributed by atoms with Crippen LogP contribution in [0.4, 0.5) is 0 Å². The number of fused-ring (bicyclic) bond motifs is 9. The Hall–Kier alpha value is -7.10. The van der Waals surface area contributed by atoms with Crippen LogP contribution in [-0.2, 0) is 0 Å². The molecule has 246 valence electrons.